The molecule has 1 fully saturated rings. The smallest absolute Gasteiger partial charge is 0.134 e. The minimum absolute atomic E-state index is 0.320. The Labute approximate surface area is 98.9 Å². The van der Waals surface area contributed by atoms with Gasteiger partial charge in [-0.05, 0) is 39.2 Å². The van der Waals surface area contributed by atoms with Crippen molar-refractivity contribution >= 4 is 5.78 Å². The predicted molar refractivity (Wildman–Crippen MR) is 65.6 cm³/mol. The molecular weight excluding hydrogens is 202 g/mol. The van der Waals surface area contributed by atoms with Crippen molar-refractivity contribution in [1.82, 2.24) is 5.32 Å². The SMILES string of the molecule is CCNC(C)CC(=O)CCCC1CCCO1. The Morgan fingerprint density at radius 3 is 3.00 bits per heavy atom. The van der Waals surface area contributed by atoms with Crippen LogP contribution in [0.4, 0.5) is 0 Å². The Balaban J connectivity index is 2.01. The highest BCUT2D eigenvalue weighted by molar-refractivity contribution is 5.78. The molecule has 2 unspecified atom stereocenters. The summed E-state index contributed by atoms with van der Waals surface area (Å²) in [6.07, 6.45) is 6.23. The first-order chi connectivity index (χ1) is 7.72. The molecule has 0 spiro atoms. The molecule has 3 nitrogen and oxygen atoms in total. The Kier molecular flexibility index (Phi) is 6.65. The first-order valence-corrected chi connectivity index (χ1v) is 6.59. The van der Waals surface area contributed by atoms with Crippen LogP contribution in [-0.2, 0) is 9.53 Å². The van der Waals surface area contributed by atoms with E-state index in [1.165, 1.54) is 12.8 Å². The van der Waals surface area contributed by atoms with Gasteiger partial charge in [0, 0.05) is 25.5 Å². The van der Waals surface area contributed by atoms with Crippen LogP contribution in [0.1, 0.15) is 52.4 Å². The molecule has 16 heavy (non-hydrogen) atoms. The van der Waals surface area contributed by atoms with Crippen LogP contribution in [0.5, 0.6) is 0 Å². The zero-order valence-corrected chi connectivity index (χ0v) is 10.6. The van der Waals surface area contributed by atoms with Gasteiger partial charge in [-0.2, -0.15) is 0 Å². The van der Waals surface area contributed by atoms with Gasteiger partial charge in [0.15, 0.2) is 0 Å². The van der Waals surface area contributed by atoms with E-state index < -0.39 is 0 Å². The van der Waals surface area contributed by atoms with Gasteiger partial charge in [-0.1, -0.05) is 6.92 Å². The van der Waals surface area contributed by atoms with Gasteiger partial charge in [0.05, 0.1) is 6.10 Å². The standard InChI is InChI=1S/C13H25NO2/c1-3-14-11(2)10-12(15)6-4-7-13-8-5-9-16-13/h11,13-14H,3-10H2,1-2H3. The average Bonchev–Trinajstić information content (AvgIpc) is 2.70. The fraction of sp³-hybridized carbons (Fsp3) is 0.923. The molecule has 3 heteroatoms. The maximum absolute atomic E-state index is 11.6. The molecule has 0 amide bonds. The van der Waals surface area contributed by atoms with Crippen LogP contribution in [-0.4, -0.2) is 31.1 Å². The van der Waals surface area contributed by atoms with Crippen molar-refractivity contribution in [1.29, 1.82) is 0 Å². The summed E-state index contributed by atoms with van der Waals surface area (Å²) in [6.45, 7) is 5.99. The number of rotatable bonds is 8. The van der Waals surface area contributed by atoms with Crippen LogP contribution in [0, 0.1) is 0 Å². The maximum atomic E-state index is 11.6. The second-order valence-corrected chi connectivity index (χ2v) is 4.73. The van der Waals surface area contributed by atoms with E-state index in [1.807, 2.05) is 0 Å². The Hall–Kier alpha value is -0.410. The van der Waals surface area contributed by atoms with Crippen molar-refractivity contribution in [2.45, 2.75) is 64.5 Å². The van der Waals surface area contributed by atoms with Gasteiger partial charge >= 0.3 is 0 Å². The van der Waals surface area contributed by atoms with E-state index >= 15 is 0 Å². The number of carbonyl (C=O) groups is 1. The third kappa shape index (κ3) is 5.61. The van der Waals surface area contributed by atoms with Crippen molar-refractivity contribution in [2.75, 3.05) is 13.2 Å². The van der Waals surface area contributed by atoms with E-state index in [0.29, 0.717) is 24.3 Å². The third-order valence-corrected chi connectivity index (χ3v) is 3.09. The number of hydrogen-bond donors (Lipinski definition) is 1. The van der Waals surface area contributed by atoms with Crippen LogP contribution < -0.4 is 5.32 Å². The van der Waals surface area contributed by atoms with Crippen molar-refractivity contribution < 1.29 is 9.53 Å². The lowest BCUT2D eigenvalue weighted by atomic mass is 10.0. The first-order valence-electron chi connectivity index (χ1n) is 6.59. The van der Waals surface area contributed by atoms with Crippen molar-refractivity contribution in [3.8, 4) is 0 Å². The van der Waals surface area contributed by atoms with Crippen LogP contribution in [0.3, 0.4) is 0 Å². The molecule has 94 valence electrons. The van der Waals surface area contributed by atoms with Gasteiger partial charge < -0.3 is 10.1 Å². The van der Waals surface area contributed by atoms with Crippen LogP contribution in [0.25, 0.3) is 0 Å². The minimum atomic E-state index is 0.320. The summed E-state index contributed by atoms with van der Waals surface area (Å²) in [5, 5.41) is 3.26. The predicted octanol–water partition coefficient (Wildman–Crippen LogP) is 2.29. The lowest BCUT2D eigenvalue weighted by Gasteiger charge is -2.12. The van der Waals surface area contributed by atoms with E-state index in [2.05, 4.69) is 19.2 Å². The lowest BCUT2D eigenvalue weighted by Crippen LogP contribution is -2.28. The molecule has 0 aromatic heterocycles. The van der Waals surface area contributed by atoms with Gasteiger partial charge in [-0.15, -0.1) is 0 Å². The number of carbonyl (C=O) groups excluding carboxylic acids is 1. The van der Waals surface area contributed by atoms with Gasteiger partial charge in [0.25, 0.3) is 0 Å². The molecule has 1 N–H and O–H groups in total. The van der Waals surface area contributed by atoms with Crippen LogP contribution in [0.15, 0.2) is 0 Å². The molecule has 0 aromatic carbocycles. The Morgan fingerprint density at radius 2 is 2.38 bits per heavy atom. The number of nitrogens with one attached hydrogen (secondary N) is 1. The molecule has 0 aliphatic carbocycles. The molecule has 1 aliphatic heterocycles. The molecule has 0 radical (unpaired) electrons. The van der Waals surface area contributed by atoms with Gasteiger partial charge in [0.2, 0.25) is 0 Å². The zero-order chi connectivity index (χ0) is 11.8. The molecule has 1 rings (SSSR count). The average molecular weight is 227 g/mol. The molecule has 0 bridgehead atoms. The summed E-state index contributed by atoms with van der Waals surface area (Å²) in [5.74, 6) is 0.381. The van der Waals surface area contributed by atoms with E-state index in [0.717, 1.165) is 32.4 Å². The van der Waals surface area contributed by atoms with E-state index in [-0.39, 0.29) is 0 Å². The summed E-state index contributed by atoms with van der Waals surface area (Å²) in [6, 6.07) is 0.320. The zero-order valence-electron chi connectivity index (χ0n) is 10.6. The third-order valence-electron chi connectivity index (χ3n) is 3.09. The quantitative estimate of drug-likeness (QED) is 0.691. The molecule has 1 heterocycles. The van der Waals surface area contributed by atoms with Crippen LogP contribution in [0.2, 0.25) is 0 Å². The molecular formula is C13H25NO2. The van der Waals surface area contributed by atoms with Crippen molar-refractivity contribution in [3.05, 3.63) is 0 Å². The summed E-state index contributed by atoms with van der Waals surface area (Å²) in [5.41, 5.74) is 0. The number of ether oxygens (including phenoxy) is 1. The minimum Gasteiger partial charge on any atom is -0.378 e. The topological polar surface area (TPSA) is 38.3 Å². The summed E-state index contributed by atoms with van der Waals surface area (Å²) < 4.78 is 5.53. The maximum Gasteiger partial charge on any atom is 0.134 e. The highest BCUT2D eigenvalue weighted by Crippen LogP contribution is 2.17. The molecule has 1 aliphatic rings. The second-order valence-electron chi connectivity index (χ2n) is 4.73. The summed E-state index contributed by atoms with van der Waals surface area (Å²) >= 11 is 0. The van der Waals surface area contributed by atoms with E-state index in [9.17, 15) is 4.79 Å². The summed E-state index contributed by atoms with van der Waals surface area (Å²) in [7, 11) is 0. The molecule has 0 saturated carbocycles. The molecule has 0 aromatic rings. The first kappa shape index (κ1) is 13.7. The normalized spacial score (nSPS) is 22.2. The van der Waals surface area contributed by atoms with Gasteiger partial charge in [0.1, 0.15) is 5.78 Å². The van der Waals surface area contributed by atoms with Gasteiger partial charge in [-0.25, -0.2) is 0 Å². The number of ketones is 1. The lowest BCUT2D eigenvalue weighted by molar-refractivity contribution is -0.119. The second kappa shape index (κ2) is 7.80. The van der Waals surface area contributed by atoms with E-state index in [1.54, 1.807) is 0 Å². The fourth-order valence-electron chi connectivity index (χ4n) is 2.26. The fourth-order valence-corrected chi connectivity index (χ4v) is 2.26. The Morgan fingerprint density at radius 1 is 1.56 bits per heavy atom. The van der Waals surface area contributed by atoms with Crippen LogP contribution >= 0.6 is 0 Å². The largest absolute Gasteiger partial charge is 0.378 e. The van der Waals surface area contributed by atoms with Crippen molar-refractivity contribution in [2.24, 2.45) is 0 Å². The monoisotopic (exact) mass is 227 g/mol. The summed E-state index contributed by atoms with van der Waals surface area (Å²) in [4.78, 5) is 11.6. The highest BCUT2D eigenvalue weighted by atomic mass is 16.5. The van der Waals surface area contributed by atoms with E-state index in [4.69, 9.17) is 4.74 Å². The number of hydrogen-bond acceptors (Lipinski definition) is 3. The Bertz CT molecular complexity index is 200. The van der Waals surface area contributed by atoms with Crippen molar-refractivity contribution in [3.63, 3.8) is 0 Å². The molecule has 1 saturated heterocycles. The van der Waals surface area contributed by atoms with Gasteiger partial charge in [-0.3, -0.25) is 4.79 Å². The number of Topliss-reactive ketones (excluding diaryl/α,β-unsaturated/α-hetero) is 1. The molecule has 2 atom stereocenters. The highest BCUT2D eigenvalue weighted by Gasteiger charge is 2.15.